The Bertz CT molecular complexity index is 464. The van der Waals surface area contributed by atoms with Crippen molar-refractivity contribution in [3.8, 4) is 6.07 Å². The molecule has 20 heavy (non-hydrogen) atoms. The van der Waals surface area contributed by atoms with Crippen molar-refractivity contribution in [1.82, 2.24) is 0 Å². The molecule has 0 radical (unpaired) electrons. The molecule has 1 unspecified atom stereocenters. The molecule has 1 atom stereocenters. The first-order chi connectivity index (χ1) is 9.69. The van der Waals surface area contributed by atoms with Gasteiger partial charge in [0.15, 0.2) is 5.78 Å². The number of nitriles is 1. The molecule has 0 aliphatic rings. The highest BCUT2D eigenvalue weighted by atomic mass is 19.1. The molecule has 1 rings (SSSR count). The SMILES string of the molecule is CCCCCCCCC(=O)C(C#N)c1cccc(F)c1. The van der Waals surface area contributed by atoms with Crippen LogP contribution in [0, 0.1) is 17.1 Å². The smallest absolute Gasteiger partial charge is 0.154 e. The van der Waals surface area contributed by atoms with Crippen molar-refractivity contribution in [2.45, 2.75) is 57.8 Å². The van der Waals surface area contributed by atoms with Crippen LogP contribution in [0.15, 0.2) is 24.3 Å². The van der Waals surface area contributed by atoms with Gasteiger partial charge >= 0.3 is 0 Å². The summed E-state index contributed by atoms with van der Waals surface area (Å²) in [5.74, 6) is -1.34. The van der Waals surface area contributed by atoms with Gasteiger partial charge in [-0.25, -0.2) is 4.39 Å². The summed E-state index contributed by atoms with van der Waals surface area (Å²) in [6.45, 7) is 2.17. The highest BCUT2D eigenvalue weighted by Crippen LogP contribution is 2.20. The molecule has 108 valence electrons. The molecule has 1 aromatic rings. The molecule has 0 aliphatic carbocycles. The fourth-order valence-electron chi connectivity index (χ4n) is 2.24. The second-order valence-corrected chi connectivity index (χ2v) is 5.10. The molecule has 0 amide bonds. The summed E-state index contributed by atoms with van der Waals surface area (Å²) in [4.78, 5) is 12.0. The summed E-state index contributed by atoms with van der Waals surface area (Å²) in [5, 5.41) is 9.12. The zero-order valence-corrected chi connectivity index (χ0v) is 12.1. The molecule has 1 aromatic carbocycles. The fraction of sp³-hybridized carbons (Fsp3) is 0.529. The first-order valence-corrected chi connectivity index (χ1v) is 7.36. The average Bonchev–Trinajstić information content (AvgIpc) is 2.43. The molecule has 0 N–H and O–H groups in total. The number of nitrogens with zero attached hydrogens (tertiary/aromatic N) is 1. The van der Waals surface area contributed by atoms with E-state index in [9.17, 15) is 9.18 Å². The Hall–Kier alpha value is -1.69. The third-order valence-electron chi connectivity index (χ3n) is 3.41. The molecule has 0 fully saturated rings. The van der Waals surface area contributed by atoms with Crippen molar-refractivity contribution in [2.75, 3.05) is 0 Å². The lowest BCUT2D eigenvalue weighted by Crippen LogP contribution is -2.10. The quantitative estimate of drug-likeness (QED) is 0.610. The Kier molecular flexibility index (Phi) is 7.57. The molecule has 0 aliphatic heterocycles. The lowest BCUT2D eigenvalue weighted by atomic mass is 9.93. The van der Waals surface area contributed by atoms with E-state index in [2.05, 4.69) is 6.92 Å². The summed E-state index contributed by atoms with van der Waals surface area (Å²) in [5.41, 5.74) is 0.462. The topological polar surface area (TPSA) is 40.9 Å². The van der Waals surface area contributed by atoms with Gasteiger partial charge in [0, 0.05) is 6.42 Å². The third kappa shape index (κ3) is 5.52. The summed E-state index contributed by atoms with van der Waals surface area (Å²) >= 11 is 0. The zero-order valence-electron chi connectivity index (χ0n) is 12.1. The van der Waals surface area contributed by atoms with Crippen LogP contribution >= 0.6 is 0 Å². The van der Waals surface area contributed by atoms with E-state index in [1.807, 2.05) is 6.07 Å². The molecular weight excluding hydrogens is 253 g/mol. The molecule has 3 heteroatoms. The van der Waals surface area contributed by atoms with Crippen molar-refractivity contribution in [2.24, 2.45) is 0 Å². The van der Waals surface area contributed by atoms with Crippen LogP contribution in [-0.4, -0.2) is 5.78 Å². The van der Waals surface area contributed by atoms with Gasteiger partial charge in [-0.05, 0) is 24.1 Å². The van der Waals surface area contributed by atoms with E-state index in [1.54, 1.807) is 6.07 Å². The lowest BCUT2D eigenvalue weighted by Gasteiger charge is -2.08. The fourth-order valence-corrected chi connectivity index (χ4v) is 2.24. The van der Waals surface area contributed by atoms with Crippen molar-refractivity contribution in [3.05, 3.63) is 35.6 Å². The Morgan fingerprint density at radius 1 is 1.25 bits per heavy atom. The maximum atomic E-state index is 13.1. The van der Waals surface area contributed by atoms with Crippen LogP contribution in [0.3, 0.4) is 0 Å². The summed E-state index contributed by atoms with van der Waals surface area (Å²) < 4.78 is 13.1. The number of Topliss-reactive ketones (excluding diaryl/α,β-unsaturated/α-hetero) is 1. The number of ketones is 1. The second-order valence-electron chi connectivity index (χ2n) is 5.10. The van der Waals surface area contributed by atoms with Gasteiger partial charge in [-0.2, -0.15) is 5.26 Å². The Labute approximate surface area is 120 Å². The number of rotatable bonds is 9. The number of unbranched alkanes of at least 4 members (excludes halogenated alkanes) is 5. The number of hydrogen-bond acceptors (Lipinski definition) is 2. The van der Waals surface area contributed by atoms with Gasteiger partial charge < -0.3 is 0 Å². The van der Waals surface area contributed by atoms with E-state index >= 15 is 0 Å². The summed E-state index contributed by atoms with van der Waals surface area (Å²) in [6, 6.07) is 7.75. The van der Waals surface area contributed by atoms with Gasteiger partial charge in [0.25, 0.3) is 0 Å². The molecule has 2 nitrogen and oxygen atoms in total. The van der Waals surface area contributed by atoms with E-state index in [0.717, 1.165) is 19.3 Å². The minimum absolute atomic E-state index is 0.103. The van der Waals surface area contributed by atoms with Gasteiger partial charge in [-0.3, -0.25) is 4.79 Å². The number of halogens is 1. The lowest BCUT2D eigenvalue weighted by molar-refractivity contribution is -0.119. The molecule has 0 saturated heterocycles. The molecule has 0 bridgehead atoms. The first-order valence-electron chi connectivity index (χ1n) is 7.36. The molecular formula is C17H22FNO. The average molecular weight is 275 g/mol. The van der Waals surface area contributed by atoms with Crippen LogP contribution < -0.4 is 0 Å². The van der Waals surface area contributed by atoms with Crippen LogP contribution in [0.25, 0.3) is 0 Å². The van der Waals surface area contributed by atoms with Crippen molar-refractivity contribution < 1.29 is 9.18 Å². The standard InChI is InChI=1S/C17H22FNO/c1-2-3-4-5-6-7-11-17(20)16(13-19)14-9-8-10-15(18)12-14/h8-10,12,16H,2-7,11H2,1H3. The highest BCUT2D eigenvalue weighted by Gasteiger charge is 2.19. The van der Waals surface area contributed by atoms with Crippen LogP contribution in [-0.2, 0) is 4.79 Å². The van der Waals surface area contributed by atoms with Crippen molar-refractivity contribution in [1.29, 1.82) is 5.26 Å². The minimum Gasteiger partial charge on any atom is -0.298 e. The number of carbonyl (C=O) groups excluding carboxylic acids is 1. The van der Waals surface area contributed by atoms with E-state index < -0.39 is 11.7 Å². The molecule has 0 saturated carbocycles. The highest BCUT2D eigenvalue weighted by molar-refractivity contribution is 5.88. The van der Waals surface area contributed by atoms with Crippen LogP contribution in [0.1, 0.15) is 63.4 Å². The van der Waals surface area contributed by atoms with Crippen molar-refractivity contribution >= 4 is 5.78 Å². The van der Waals surface area contributed by atoms with Gasteiger partial charge in [0.2, 0.25) is 0 Å². The molecule has 0 heterocycles. The maximum absolute atomic E-state index is 13.1. The van der Waals surface area contributed by atoms with Gasteiger partial charge in [0.05, 0.1) is 6.07 Å². The summed E-state index contributed by atoms with van der Waals surface area (Å²) in [7, 11) is 0. The second kappa shape index (κ2) is 9.25. The number of hydrogen-bond donors (Lipinski definition) is 0. The summed E-state index contributed by atoms with van der Waals surface area (Å²) in [6.07, 6.45) is 7.02. The van der Waals surface area contributed by atoms with E-state index in [0.29, 0.717) is 12.0 Å². The maximum Gasteiger partial charge on any atom is 0.154 e. The van der Waals surface area contributed by atoms with E-state index in [1.165, 1.54) is 37.5 Å². The monoisotopic (exact) mass is 275 g/mol. The van der Waals surface area contributed by atoms with Crippen LogP contribution in [0.5, 0.6) is 0 Å². The van der Waals surface area contributed by atoms with E-state index in [-0.39, 0.29) is 5.78 Å². The van der Waals surface area contributed by atoms with Gasteiger partial charge in [-0.1, -0.05) is 51.2 Å². The molecule has 0 aromatic heterocycles. The van der Waals surface area contributed by atoms with Crippen LogP contribution in [0.4, 0.5) is 4.39 Å². The third-order valence-corrected chi connectivity index (χ3v) is 3.41. The molecule has 0 spiro atoms. The number of carbonyl (C=O) groups is 1. The normalized spacial score (nSPS) is 11.8. The van der Waals surface area contributed by atoms with Gasteiger partial charge in [0.1, 0.15) is 11.7 Å². The van der Waals surface area contributed by atoms with Gasteiger partial charge in [-0.15, -0.1) is 0 Å². The minimum atomic E-state index is -0.832. The van der Waals surface area contributed by atoms with Crippen LogP contribution in [0.2, 0.25) is 0 Å². The largest absolute Gasteiger partial charge is 0.298 e. The Balaban J connectivity index is 2.42. The van der Waals surface area contributed by atoms with Crippen molar-refractivity contribution in [3.63, 3.8) is 0 Å². The Morgan fingerprint density at radius 3 is 2.60 bits per heavy atom. The zero-order chi connectivity index (χ0) is 14.8. The predicted octanol–water partition coefficient (Wildman–Crippen LogP) is 4.75. The first kappa shape index (κ1) is 16.4. The number of benzene rings is 1. The Morgan fingerprint density at radius 2 is 1.95 bits per heavy atom. The van der Waals surface area contributed by atoms with E-state index in [4.69, 9.17) is 5.26 Å². The predicted molar refractivity (Wildman–Crippen MR) is 77.8 cm³/mol.